The van der Waals surface area contributed by atoms with Crippen LogP contribution in [0.5, 0.6) is 17.2 Å². The summed E-state index contributed by atoms with van der Waals surface area (Å²) in [5.41, 5.74) is -0.260. The lowest BCUT2D eigenvalue weighted by molar-refractivity contribution is -0.135. The molecule has 3 aromatic carbocycles. The average molecular weight is 587 g/mol. The molecule has 214 valence electrons. The highest BCUT2D eigenvalue weighted by atomic mass is 35.5. The third kappa shape index (κ3) is 6.09. The number of carbonyl (C=O) groups excluding carboxylic acids is 1. The summed E-state index contributed by atoms with van der Waals surface area (Å²) in [6.45, 7) is 0.625. The number of aromatic nitrogens is 2. The lowest BCUT2D eigenvalue weighted by atomic mass is 10.0. The van der Waals surface area contributed by atoms with E-state index in [1.807, 2.05) is 0 Å². The number of hydrogen-bond acceptors (Lipinski definition) is 7. The Bertz CT molecular complexity index is 1580. The van der Waals surface area contributed by atoms with Gasteiger partial charge in [-0.2, -0.15) is 0 Å². The van der Waals surface area contributed by atoms with Gasteiger partial charge in [0.15, 0.2) is 11.5 Å². The van der Waals surface area contributed by atoms with E-state index < -0.39 is 23.2 Å². The number of anilines is 2. The summed E-state index contributed by atoms with van der Waals surface area (Å²) in [7, 11) is 3.02. The molecule has 1 aliphatic rings. The van der Waals surface area contributed by atoms with Crippen LogP contribution in [0.4, 0.5) is 24.7 Å². The fraction of sp³-hybridized carbons (Fsp3) is 0.276. The number of amides is 1. The van der Waals surface area contributed by atoms with Gasteiger partial charge in [0.2, 0.25) is 0 Å². The number of methoxy groups -OCH3 is 2. The molecule has 12 heteroatoms. The Hall–Kier alpha value is -4.25. The van der Waals surface area contributed by atoms with Crippen molar-refractivity contribution in [3.05, 3.63) is 66.5 Å². The third-order valence-electron chi connectivity index (χ3n) is 6.85. The first kappa shape index (κ1) is 28.3. The number of halogens is 4. The van der Waals surface area contributed by atoms with Crippen molar-refractivity contribution in [3.8, 4) is 28.4 Å². The van der Waals surface area contributed by atoms with Crippen molar-refractivity contribution in [2.45, 2.75) is 24.6 Å². The second kappa shape index (κ2) is 12.1. The van der Waals surface area contributed by atoms with Gasteiger partial charge in [0.05, 0.1) is 25.4 Å². The van der Waals surface area contributed by atoms with Crippen molar-refractivity contribution in [2.24, 2.45) is 0 Å². The molecule has 1 unspecified atom stereocenters. The predicted octanol–water partition coefficient (Wildman–Crippen LogP) is 6.24. The molecule has 1 amide bonds. The van der Waals surface area contributed by atoms with Crippen LogP contribution < -0.4 is 19.5 Å². The summed E-state index contributed by atoms with van der Waals surface area (Å²) in [5, 5.41) is 3.85. The molecule has 0 aliphatic carbocycles. The Kier molecular flexibility index (Phi) is 8.34. The maximum absolute atomic E-state index is 14.5. The van der Waals surface area contributed by atoms with Crippen LogP contribution in [0.2, 0.25) is 0 Å². The minimum Gasteiger partial charge on any atom is -0.495 e. The first-order valence-electron chi connectivity index (χ1n) is 12.7. The Morgan fingerprint density at radius 2 is 1.76 bits per heavy atom. The second-order valence-corrected chi connectivity index (χ2v) is 9.73. The maximum atomic E-state index is 14.5. The van der Waals surface area contributed by atoms with Gasteiger partial charge in [0, 0.05) is 49.0 Å². The first-order valence-corrected chi connectivity index (χ1v) is 13.2. The second-order valence-electron chi connectivity index (χ2n) is 9.35. The monoisotopic (exact) mass is 586 g/mol. The van der Waals surface area contributed by atoms with E-state index in [-0.39, 0.29) is 11.7 Å². The number of piperidine rings is 1. The maximum Gasteiger partial charge on any atom is 0.272 e. The van der Waals surface area contributed by atoms with E-state index in [9.17, 15) is 18.0 Å². The molecule has 2 heterocycles. The van der Waals surface area contributed by atoms with Crippen molar-refractivity contribution in [2.75, 3.05) is 32.6 Å². The van der Waals surface area contributed by atoms with Crippen LogP contribution in [-0.2, 0) is 4.79 Å². The molecule has 1 atom stereocenters. The van der Waals surface area contributed by atoms with E-state index in [2.05, 4.69) is 15.3 Å². The fourth-order valence-electron chi connectivity index (χ4n) is 4.75. The zero-order valence-corrected chi connectivity index (χ0v) is 22.9. The van der Waals surface area contributed by atoms with Crippen LogP contribution in [0.1, 0.15) is 12.8 Å². The number of nitrogens with one attached hydrogen (secondary N) is 1. The van der Waals surface area contributed by atoms with Crippen molar-refractivity contribution in [3.63, 3.8) is 0 Å². The van der Waals surface area contributed by atoms with E-state index in [1.54, 1.807) is 30.3 Å². The fourth-order valence-corrected chi connectivity index (χ4v) is 4.89. The van der Waals surface area contributed by atoms with Gasteiger partial charge in [-0.25, -0.2) is 23.1 Å². The summed E-state index contributed by atoms with van der Waals surface area (Å²) in [6.07, 6.45) is 2.11. The topological polar surface area (TPSA) is 85.8 Å². The molecule has 0 saturated carbocycles. The van der Waals surface area contributed by atoms with E-state index in [0.29, 0.717) is 71.2 Å². The Labute approximate surface area is 239 Å². The van der Waals surface area contributed by atoms with Crippen molar-refractivity contribution >= 4 is 39.9 Å². The molecule has 0 radical (unpaired) electrons. The SMILES string of the molecule is COc1ccc(-c2ccc(F)cc2F)cc1Nc1ncnc2cc(OC)c(OC3CCN(C(=O)C(F)Cl)CC3)cc12. The van der Waals surface area contributed by atoms with Gasteiger partial charge in [0.1, 0.15) is 35.6 Å². The largest absolute Gasteiger partial charge is 0.495 e. The van der Waals surface area contributed by atoms with E-state index in [1.165, 1.54) is 37.6 Å². The first-order chi connectivity index (χ1) is 19.8. The summed E-state index contributed by atoms with van der Waals surface area (Å²) < 4.78 is 58.5. The average Bonchev–Trinajstić information content (AvgIpc) is 2.97. The summed E-state index contributed by atoms with van der Waals surface area (Å²) in [5.74, 6) is -0.306. The van der Waals surface area contributed by atoms with Gasteiger partial charge in [-0.3, -0.25) is 4.79 Å². The zero-order chi connectivity index (χ0) is 29.1. The van der Waals surface area contributed by atoms with Crippen molar-refractivity contribution in [1.29, 1.82) is 0 Å². The molecule has 0 spiro atoms. The smallest absolute Gasteiger partial charge is 0.272 e. The zero-order valence-electron chi connectivity index (χ0n) is 22.2. The number of fused-ring (bicyclic) bond motifs is 1. The molecule has 8 nitrogen and oxygen atoms in total. The highest BCUT2D eigenvalue weighted by Crippen LogP contribution is 2.38. The van der Waals surface area contributed by atoms with Crippen LogP contribution in [0.25, 0.3) is 22.0 Å². The van der Waals surface area contributed by atoms with Gasteiger partial charge in [0.25, 0.3) is 11.5 Å². The molecule has 1 N–H and O–H groups in total. The normalized spacial score (nSPS) is 14.5. The number of alkyl halides is 2. The lowest BCUT2D eigenvalue weighted by Gasteiger charge is -2.32. The number of carbonyl (C=O) groups is 1. The summed E-state index contributed by atoms with van der Waals surface area (Å²) in [6, 6.07) is 11.9. The molecule has 4 aromatic rings. The van der Waals surface area contributed by atoms with Gasteiger partial charge in [-0.1, -0.05) is 17.7 Å². The predicted molar refractivity (Wildman–Crippen MR) is 149 cm³/mol. The van der Waals surface area contributed by atoms with Crippen molar-refractivity contribution < 1.29 is 32.2 Å². The molecule has 1 saturated heterocycles. The Morgan fingerprint density at radius 3 is 2.44 bits per heavy atom. The van der Waals surface area contributed by atoms with Crippen LogP contribution in [0, 0.1) is 11.6 Å². The van der Waals surface area contributed by atoms with E-state index in [0.717, 1.165) is 6.07 Å². The molecule has 5 rings (SSSR count). The van der Waals surface area contributed by atoms with Gasteiger partial charge in [-0.05, 0) is 35.9 Å². The van der Waals surface area contributed by atoms with E-state index >= 15 is 0 Å². The minimum atomic E-state index is -2.06. The van der Waals surface area contributed by atoms with Crippen LogP contribution in [-0.4, -0.2) is 59.8 Å². The molecular weight excluding hydrogens is 561 g/mol. The summed E-state index contributed by atoms with van der Waals surface area (Å²) >= 11 is 5.31. The lowest BCUT2D eigenvalue weighted by Crippen LogP contribution is -2.44. The minimum absolute atomic E-state index is 0.228. The number of likely N-dealkylation sites (tertiary alicyclic amines) is 1. The summed E-state index contributed by atoms with van der Waals surface area (Å²) in [4.78, 5) is 22.0. The number of hydrogen-bond donors (Lipinski definition) is 1. The van der Waals surface area contributed by atoms with Gasteiger partial charge >= 0.3 is 0 Å². The van der Waals surface area contributed by atoms with E-state index in [4.69, 9.17) is 25.8 Å². The molecular formula is C29H26ClF3N4O4. The molecule has 1 fully saturated rings. The highest BCUT2D eigenvalue weighted by molar-refractivity contribution is 6.29. The number of rotatable bonds is 8. The van der Waals surface area contributed by atoms with Crippen LogP contribution in [0.15, 0.2) is 54.9 Å². The van der Waals surface area contributed by atoms with Crippen LogP contribution in [0.3, 0.4) is 0 Å². The number of benzene rings is 3. The molecule has 0 bridgehead atoms. The highest BCUT2D eigenvalue weighted by Gasteiger charge is 2.28. The molecule has 1 aromatic heterocycles. The van der Waals surface area contributed by atoms with Crippen molar-refractivity contribution in [1.82, 2.24) is 14.9 Å². The molecule has 41 heavy (non-hydrogen) atoms. The standard InChI is InChI=1S/C29H26ClF3N4O4/c1-39-24-6-3-16(19-5-4-17(31)12-21(19)32)11-23(24)36-28-20-13-26(25(40-2)14-22(20)34-15-35-28)41-18-7-9-37(10-8-18)29(38)27(30)33/h3-6,11-15,18,27H,7-10H2,1-2H3,(H,34,35,36). The van der Waals surface area contributed by atoms with Gasteiger partial charge in [-0.15, -0.1) is 0 Å². The molecule has 1 aliphatic heterocycles. The quantitative estimate of drug-likeness (QED) is 0.245. The Morgan fingerprint density at radius 1 is 1.00 bits per heavy atom. The van der Waals surface area contributed by atoms with Gasteiger partial charge < -0.3 is 24.4 Å². The third-order valence-corrected chi connectivity index (χ3v) is 7.04. The number of ether oxygens (including phenoxy) is 3. The Balaban J connectivity index is 1.45. The van der Waals surface area contributed by atoms with Crippen LogP contribution >= 0.6 is 11.6 Å². The number of nitrogens with zero attached hydrogens (tertiary/aromatic N) is 3.